The van der Waals surface area contributed by atoms with E-state index in [1.54, 1.807) is 27.7 Å². The molecule has 0 bridgehead atoms. The van der Waals surface area contributed by atoms with Crippen LogP contribution in [0.5, 0.6) is 0 Å². The van der Waals surface area contributed by atoms with Crippen LogP contribution in [0.15, 0.2) is 0 Å². The van der Waals surface area contributed by atoms with Gasteiger partial charge in [-0.15, -0.1) is 0 Å². The number of carbonyl (C=O) groups is 1. The third kappa shape index (κ3) is 115. The van der Waals surface area contributed by atoms with Crippen LogP contribution in [0, 0.1) is 0 Å². The van der Waals surface area contributed by atoms with Gasteiger partial charge < -0.3 is 33.8 Å². The van der Waals surface area contributed by atoms with E-state index in [1.807, 2.05) is 0 Å². The molecule has 0 radical (unpaired) electrons. The summed E-state index contributed by atoms with van der Waals surface area (Å²) in [6.07, 6.45) is 8.31. The molecule has 0 amide bonds. The molecular formula is C16H45N3O4. The van der Waals surface area contributed by atoms with Crippen molar-refractivity contribution >= 4 is 5.97 Å². The lowest BCUT2D eigenvalue weighted by atomic mass is 10.1. The summed E-state index contributed by atoms with van der Waals surface area (Å²) in [5.74, 6) is -0.663. The Balaban J connectivity index is -0.0000000559. The molecule has 23 heavy (non-hydrogen) atoms. The van der Waals surface area contributed by atoms with Crippen molar-refractivity contribution in [2.24, 2.45) is 0 Å². The van der Waals surface area contributed by atoms with Crippen LogP contribution in [-0.4, -0.2) is 33.5 Å². The van der Waals surface area contributed by atoms with Gasteiger partial charge >= 0.3 is 5.97 Å². The molecule has 12 N–H and O–H groups in total. The predicted octanol–water partition coefficient (Wildman–Crippen LogP) is 4.47. The second-order valence-electron chi connectivity index (χ2n) is 5.45. The van der Waals surface area contributed by atoms with Crippen LogP contribution in [0.3, 0.4) is 0 Å². The fourth-order valence-electron chi connectivity index (χ4n) is 1.23. The molecular weight excluding hydrogens is 298 g/mol. The molecule has 0 spiro atoms. The average Bonchev–Trinajstić information content (AvgIpc) is 2.26. The summed E-state index contributed by atoms with van der Waals surface area (Å²) in [5, 5.41) is 24.5. The minimum Gasteiger partial charge on any atom is -0.481 e. The highest BCUT2D eigenvalue weighted by molar-refractivity contribution is 5.66. The SMILES string of the molecule is CC(C)O.CC(C)O.CCCCCCCCCC(=O)O.N.N.N. The van der Waals surface area contributed by atoms with Crippen molar-refractivity contribution in [1.82, 2.24) is 18.5 Å². The summed E-state index contributed by atoms with van der Waals surface area (Å²) >= 11 is 0. The number of rotatable bonds is 8. The third-order valence-corrected chi connectivity index (χ3v) is 1.99. The molecule has 0 rings (SSSR count). The molecule has 0 aromatic carbocycles. The van der Waals surface area contributed by atoms with E-state index in [9.17, 15) is 4.79 Å². The van der Waals surface area contributed by atoms with Crippen LogP contribution in [0.25, 0.3) is 0 Å². The molecule has 0 aliphatic carbocycles. The molecule has 0 fully saturated rings. The second-order valence-corrected chi connectivity index (χ2v) is 5.45. The molecule has 0 heterocycles. The van der Waals surface area contributed by atoms with Crippen LogP contribution in [0.1, 0.15) is 86.0 Å². The maximum atomic E-state index is 10.1. The van der Waals surface area contributed by atoms with Crippen LogP contribution in [0.2, 0.25) is 0 Å². The molecule has 0 saturated heterocycles. The van der Waals surface area contributed by atoms with Crippen molar-refractivity contribution in [3.8, 4) is 0 Å². The highest BCUT2D eigenvalue weighted by atomic mass is 16.4. The molecule has 0 aliphatic rings. The van der Waals surface area contributed by atoms with Crippen molar-refractivity contribution in [2.75, 3.05) is 0 Å². The summed E-state index contributed by atoms with van der Waals surface area (Å²) in [6, 6.07) is 0. The van der Waals surface area contributed by atoms with E-state index in [0.29, 0.717) is 6.42 Å². The summed E-state index contributed by atoms with van der Waals surface area (Å²) in [4.78, 5) is 10.1. The molecule has 7 nitrogen and oxygen atoms in total. The number of aliphatic hydroxyl groups excluding tert-OH is 2. The Morgan fingerprint density at radius 3 is 1.26 bits per heavy atom. The molecule has 0 aromatic rings. The number of aliphatic carboxylic acids is 1. The average molecular weight is 344 g/mol. The maximum absolute atomic E-state index is 10.1. The number of hydrogen-bond donors (Lipinski definition) is 6. The zero-order valence-corrected chi connectivity index (χ0v) is 16.2. The summed E-state index contributed by atoms with van der Waals surface area (Å²) in [5.41, 5.74) is 0. The highest BCUT2D eigenvalue weighted by Crippen LogP contribution is 2.07. The van der Waals surface area contributed by atoms with Crippen molar-refractivity contribution in [3.63, 3.8) is 0 Å². The van der Waals surface area contributed by atoms with Crippen molar-refractivity contribution in [3.05, 3.63) is 0 Å². The topological polar surface area (TPSA) is 183 Å². The van der Waals surface area contributed by atoms with Gasteiger partial charge in [0, 0.05) is 18.6 Å². The number of carboxylic acids is 1. The summed E-state index contributed by atoms with van der Waals surface area (Å²) < 4.78 is 0. The fourth-order valence-corrected chi connectivity index (χ4v) is 1.23. The zero-order valence-electron chi connectivity index (χ0n) is 16.2. The number of carboxylic acid groups (broad SMARTS) is 1. The minimum absolute atomic E-state index is 0. The first-order valence-electron chi connectivity index (χ1n) is 7.81. The second kappa shape index (κ2) is 33.0. The molecule has 7 heteroatoms. The fraction of sp³-hybridized carbons (Fsp3) is 0.938. The molecule has 0 aromatic heterocycles. The van der Waals surface area contributed by atoms with Gasteiger partial charge in [-0.25, -0.2) is 0 Å². The van der Waals surface area contributed by atoms with Crippen molar-refractivity contribution in [2.45, 2.75) is 98.2 Å². The Morgan fingerprint density at radius 1 is 0.739 bits per heavy atom. The first-order chi connectivity index (χ1) is 9.23. The summed E-state index contributed by atoms with van der Waals surface area (Å²) in [7, 11) is 0. The summed E-state index contributed by atoms with van der Waals surface area (Å²) in [6.45, 7) is 9.09. The van der Waals surface area contributed by atoms with Gasteiger partial charge in [0.25, 0.3) is 0 Å². The van der Waals surface area contributed by atoms with E-state index in [2.05, 4.69) is 6.92 Å². The van der Waals surface area contributed by atoms with E-state index in [-0.39, 0.29) is 30.7 Å². The molecule has 0 saturated carbocycles. The molecule has 0 atom stereocenters. The first kappa shape index (κ1) is 38.1. The van der Waals surface area contributed by atoms with Crippen molar-refractivity contribution in [1.29, 1.82) is 0 Å². The van der Waals surface area contributed by atoms with Gasteiger partial charge in [-0.2, -0.15) is 0 Å². The monoisotopic (exact) mass is 343 g/mol. The Kier molecular flexibility index (Phi) is 54.6. The Bertz CT molecular complexity index is 181. The Morgan fingerprint density at radius 2 is 1.00 bits per heavy atom. The number of aliphatic hydroxyl groups is 2. The van der Waals surface area contributed by atoms with Crippen LogP contribution in [0.4, 0.5) is 0 Å². The standard InChI is InChI=1S/C10H20O2.2C3H8O.3H3N/c1-2-3-4-5-6-7-8-9-10(11)12;2*1-3(2)4;;;/h2-9H2,1H3,(H,11,12);2*3-4H,1-2H3;3*1H3. The van der Waals surface area contributed by atoms with Gasteiger partial charge in [-0.1, -0.05) is 45.4 Å². The maximum Gasteiger partial charge on any atom is 0.303 e. The quantitative estimate of drug-likeness (QED) is 0.351. The lowest BCUT2D eigenvalue weighted by Crippen LogP contribution is -1.93. The van der Waals surface area contributed by atoms with Gasteiger partial charge in [0.05, 0.1) is 0 Å². The van der Waals surface area contributed by atoms with E-state index in [1.165, 1.54) is 32.1 Å². The first-order valence-corrected chi connectivity index (χ1v) is 7.81. The largest absolute Gasteiger partial charge is 0.481 e. The molecule has 148 valence electrons. The van der Waals surface area contributed by atoms with Crippen LogP contribution < -0.4 is 18.5 Å². The normalized spacial score (nSPS) is 8.39. The number of unbranched alkanes of at least 4 members (excludes halogenated alkanes) is 6. The van der Waals surface area contributed by atoms with E-state index in [4.69, 9.17) is 15.3 Å². The molecule has 0 aliphatic heterocycles. The van der Waals surface area contributed by atoms with E-state index < -0.39 is 5.97 Å². The Hall–Kier alpha value is -0.730. The van der Waals surface area contributed by atoms with Gasteiger partial charge in [-0.05, 0) is 34.1 Å². The lowest BCUT2D eigenvalue weighted by Gasteiger charge is -1.98. The van der Waals surface area contributed by atoms with Gasteiger partial charge in [-0.3, -0.25) is 4.79 Å². The van der Waals surface area contributed by atoms with E-state index >= 15 is 0 Å². The number of hydrogen-bond acceptors (Lipinski definition) is 6. The van der Waals surface area contributed by atoms with Gasteiger partial charge in [0.1, 0.15) is 0 Å². The molecule has 0 unspecified atom stereocenters. The van der Waals surface area contributed by atoms with Crippen LogP contribution in [-0.2, 0) is 4.79 Å². The smallest absolute Gasteiger partial charge is 0.303 e. The van der Waals surface area contributed by atoms with Gasteiger partial charge in [0.15, 0.2) is 0 Å². The van der Waals surface area contributed by atoms with Crippen LogP contribution >= 0.6 is 0 Å². The predicted molar refractivity (Wildman–Crippen MR) is 100 cm³/mol. The minimum atomic E-state index is -0.663. The lowest BCUT2D eigenvalue weighted by molar-refractivity contribution is -0.137. The Labute approximate surface area is 143 Å². The van der Waals surface area contributed by atoms with Crippen molar-refractivity contribution < 1.29 is 20.1 Å². The zero-order chi connectivity index (χ0) is 16.4. The van der Waals surface area contributed by atoms with E-state index in [0.717, 1.165) is 12.8 Å². The van der Waals surface area contributed by atoms with Gasteiger partial charge in [0.2, 0.25) is 0 Å². The third-order valence-electron chi connectivity index (χ3n) is 1.99. The highest BCUT2D eigenvalue weighted by Gasteiger charge is 1.95.